The van der Waals surface area contributed by atoms with Gasteiger partial charge in [-0.15, -0.1) is 10.2 Å². The van der Waals surface area contributed by atoms with Gasteiger partial charge in [-0.1, -0.05) is 12.1 Å². The van der Waals surface area contributed by atoms with Crippen LogP contribution < -0.4 is 20.9 Å². The fourth-order valence-electron chi connectivity index (χ4n) is 3.82. The van der Waals surface area contributed by atoms with Crippen molar-refractivity contribution < 1.29 is 32.7 Å². The Morgan fingerprint density at radius 3 is 2.45 bits per heavy atom. The molecular formula is C26H29FN6O7. The van der Waals surface area contributed by atoms with E-state index in [1.807, 2.05) is 0 Å². The molecule has 1 unspecified atom stereocenters. The van der Waals surface area contributed by atoms with Crippen LogP contribution in [0.1, 0.15) is 72.1 Å². The Hall–Kier alpha value is -4.62. The van der Waals surface area contributed by atoms with Crippen molar-refractivity contribution in [3.8, 4) is 5.75 Å². The predicted molar refractivity (Wildman–Crippen MR) is 135 cm³/mol. The van der Waals surface area contributed by atoms with Gasteiger partial charge in [0.2, 0.25) is 17.9 Å². The largest absolute Gasteiger partial charge is 0.447 e. The molecule has 3 aromatic rings. The zero-order valence-electron chi connectivity index (χ0n) is 22.6. The molecule has 0 bridgehead atoms. The maximum Gasteiger partial charge on any atom is 0.311 e. The van der Waals surface area contributed by atoms with Crippen LogP contribution in [0.25, 0.3) is 0 Å². The molecule has 14 heteroatoms. The molecule has 1 aromatic carbocycles. The first-order valence-electron chi connectivity index (χ1n) is 12.5. The summed E-state index contributed by atoms with van der Waals surface area (Å²) >= 11 is 0. The quantitative estimate of drug-likeness (QED) is 0.278. The van der Waals surface area contributed by atoms with E-state index < -0.39 is 52.4 Å². The SMILES string of the molecule is Cc1nnc(C(=O)NC(C)(C)c2nc(C(=O)NCc3ccc(F)cc3)c(OC(C)OC(=O)C3CC3)c(=O)n2C)o1. The lowest BCUT2D eigenvalue weighted by molar-refractivity contribution is -0.163. The number of carbonyl (C=O) groups is 3. The summed E-state index contributed by atoms with van der Waals surface area (Å²) in [6.07, 6.45) is 0.236. The lowest BCUT2D eigenvalue weighted by Crippen LogP contribution is -2.46. The van der Waals surface area contributed by atoms with Crippen LogP contribution in [0, 0.1) is 18.7 Å². The molecule has 1 saturated carbocycles. The molecule has 1 aliphatic carbocycles. The van der Waals surface area contributed by atoms with E-state index >= 15 is 0 Å². The number of benzene rings is 1. The molecule has 1 fully saturated rings. The first-order valence-corrected chi connectivity index (χ1v) is 12.5. The number of nitrogens with one attached hydrogen (secondary N) is 2. The highest BCUT2D eigenvalue weighted by atomic mass is 19.1. The van der Waals surface area contributed by atoms with Crippen molar-refractivity contribution in [1.29, 1.82) is 0 Å². The van der Waals surface area contributed by atoms with Crippen LogP contribution in [-0.2, 0) is 28.7 Å². The summed E-state index contributed by atoms with van der Waals surface area (Å²) < 4.78 is 30.5. The molecule has 0 aliphatic heterocycles. The Bertz CT molecular complexity index is 1490. The normalized spacial score (nSPS) is 13.8. The second-order valence-corrected chi connectivity index (χ2v) is 9.89. The summed E-state index contributed by atoms with van der Waals surface area (Å²) in [5.41, 5.74) is -1.88. The minimum Gasteiger partial charge on any atom is -0.447 e. The molecule has 1 aliphatic rings. The van der Waals surface area contributed by atoms with E-state index in [-0.39, 0.29) is 30.1 Å². The zero-order chi connectivity index (χ0) is 29.2. The highest BCUT2D eigenvalue weighted by Crippen LogP contribution is 2.31. The van der Waals surface area contributed by atoms with Crippen molar-refractivity contribution in [2.24, 2.45) is 13.0 Å². The highest BCUT2D eigenvalue weighted by molar-refractivity contribution is 5.95. The second kappa shape index (κ2) is 11.2. The van der Waals surface area contributed by atoms with Gasteiger partial charge in [-0.2, -0.15) is 0 Å². The summed E-state index contributed by atoms with van der Waals surface area (Å²) in [5.74, 6) is -3.16. The van der Waals surface area contributed by atoms with Crippen molar-refractivity contribution in [3.05, 3.63) is 69.3 Å². The van der Waals surface area contributed by atoms with Crippen molar-refractivity contribution in [3.63, 3.8) is 0 Å². The van der Waals surface area contributed by atoms with Crippen LogP contribution in [0.3, 0.4) is 0 Å². The van der Waals surface area contributed by atoms with Crippen molar-refractivity contribution in [2.75, 3.05) is 0 Å². The van der Waals surface area contributed by atoms with Gasteiger partial charge in [-0.25, -0.2) is 9.37 Å². The Labute approximate surface area is 228 Å². The summed E-state index contributed by atoms with van der Waals surface area (Å²) in [5, 5.41) is 12.6. The van der Waals surface area contributed by atoms with Gasteiger partial charge in [0.1, 0.15) is 11.6 Å². The van der Waals surface area contributed by atoms with Crippen molar-refractivity contribution in [1.82, 2.24) is 30.4 Å². The minimum absolute atomic E-state index is 0.00370. The monoisotopic (exact) mass is 556 g/mol. The standard InChI is InChI=1S/C26H29FN6O7/c1-13-31-32-22(38-13)21(35)30-26(3,4)25-29-18(20(34)28-12-15-6-10-17(27)11-7-15)19(23(36)33(25)5)39-14(2)40-24(37)16-8-9-16/h6-7,10-11,14,16H,8-9,12H2,1-5H3,(H,28,34)(H,30,35). The highest BCUT2D eigenvalue weighted by Gasteiger charge is 2.35. The van der Waals surface area contributed by atoms with Crippen LogP contribution >= 0.6 is 0 Å². The number of esters is 1. The first kappa shape index (κ1) is 28.4. The smallest absolute Gasteiger partial charge is 0.311 e. The van der Waals surface area contributed by atoms with Gasteiger partial charge in [-0.3, -0.25) is 23.7 Å². The number of rotatable bonds is 10. The van der Waals surface area contributed by atoms with E-state index in [1.54, 1.807) is 13.8 Å². The molecular weight excluding hydrogens is 527 g/mol. The lowest BCUT2D eigenvalue weighted by atomic mass is 10.0. The van der Waals surface area contributed by atoms with Gasteiger partial charge < -0.3 is 24.5 Å². The first-order chi connectivity index (χ1) is 18.9. The van der Waals surface area contributed by atoms with Gasteiger partial charge in [0.25, 0.3) is 11.5 Å². The van der Waals surface area contributed by atoms with Crippen molar-refractivity contribution in [2.45, 2.75) is 58.9 Å². The summed E-state index contributed by atoms with van der Waals surface area (Å²) in [6.45, 7) is 6.07. The molecule has 2 N–H and O–H groups in total. The van der Waals surface area contributed by atoms with Gasteiger partial charge in [0, 0.05) is 27.4 Å². The van der Waals surface area contributed by atoms with E-state index in [9.17, 15) is 23.6 Å². The summed E-state index contributed by atoms with van der Waals surface area (Å²) in [7, 11) is 1.39. The molecule has 0 saturated heterocycles. The molecule has 2 heterocycles. The molecule has 212 valence electrons. The fourth-order valence-corrected chi connectivity index (χ4v) is 3.82. The van der Waals surface area contributed by atoms with Crippen LogP contribution in [0.5, 0.6) is 5.75 Å². The molecule has 2 aromatic heterocycles. The number of hydrogen-bond acceptors (Lipinski definition) is 10. The third-order valence-electron chi connectivity index (χ3n) is 6.01. The summed E-state index contributed by atoms with van der Waals surface area (Å²) in [4.78, 5) is 56.0. The number of nitrogens with zero attached hydrogens (tertiary/aromatic N) is 4. The van der Waals surface area contributed by atoms with Gasteiger partial charge >= 0.3 is 17.8 Å². The van der Waals surface area contributed by atoms with Gasteiger partial charge in [0.15, 0.2) is 5.69 Å². The third kappa shape index (κ3) is 6.50. The number of hydrogen-bond donors (Lipinski definition) is 2. The van der Waals surface area contributed by atoms with Crippen molar-refractivity contribution >= 4 is 17.8 Å². The van der Waals surface area contributed by atoms with Crippen LogP contribution in [0.4, 0.5) is 4.39 Å². The second-order valence-electron chi connectivity index (χ2n) is 9.89. The topological polar surface area (TPSA) is 168 Å². The maximum absolute atomic E-state index is 13.5. The van der Waals surface area contributed by atoms with E-state index in [4.69, 9.17) is 13.9 Å². The van der Waals surface area contributed by atoms with E-state index in [1.165, 1.54) is 45.2 Å². The van der Waals surface area contributed by atoms with Crippen LogP contribution in [0.15, 0.2) is 33.5 Å². The van der Waals surface area contributed by atoms with E-state index in [2.05, 4.69) is 25.8 Å². The summed E-state index contributed by atoms with van der Waals surface area (Å²) in [6, 6.07) is 5.48. The Morgan fingerprint density at radius 1 is 1.18 bits per heavy atom. The molecule has 40 heavy (non-hydrogen) atoms. The molecule has 0 radical (unpaired) electrons. The fraction of sp³-hybridized carbons (Fsp3) is 0.423. The Balaban J connectivity index is 1.66. The van der Waals surface area contributed by atoms with Crippen LogP contribution in [-0.4, -0.2) is 43.8 Å². The molecule has 0 spiro atoms. The number of halogens is 1. The Morgan fingerprint density at radius 2 is 1.85 bits per heavy atom. The molecule has 2 amide bonds. The van der Waals surface area contributed by atoms with Gasteiger partial charge in [0.05, 0.1) is 11.5 Å². The van der Waals surface area contributed by atoms with E-state index in [0.29, 0.717) is 18.4 Å². The lowest BCUT2D eigenvalue weighted by Gasteiger charge is -2.28. The van der Waals surface area contributed by atoms with Gasteiger partial charge in [-0.05, 0) is 44.4 Å². The maximum atomic E-state index is 13.5. The average molecular weight is 557 g/mol. The van der Waals surface area contributed by atoms with E-state index in [0.717, 1.165) is 4.57 Å². The van der Waals surface area contributed by atoms with Crippen LogP contribution in [0.2, 0.25) is 0 Å². The number of aromatic nitrogens is 4. The minimum atomic E-state index is -1.32. The number of carbonyl (C=O) groups excluding carboxylic acids is 3. The molecule has 13 nitrogen and oxygen atoms in total. The number of ether oxygens (including phenoxy) is 2. The number of amides is 2. The third-order valence-corrected chi connectivity index (χ3v) is 6.01. The number of aryl methyl sites for hydroxylation is 1. The molecule has 1 atom stereocenters. The zero-order valence-corrected chi connectivity index (χ0v) is 22.6. The molecule has 4 rings (SSSR count). The predicted octanol–water partition coefficient (Wildman–Crippen LogP) is 1.88. The Kier molecular flexibility index (Phi) is 7.98. The average Bonchev–Trinajstić information content (AvgIpc) is 3.66.